The highest BCUT2D eigenvalue weighted by atomic mass is 32.2. The number of nitrogens with two attached hydrogens (primary N) is 1. The van der Waals surface area contributed by atoms with Gasteiger partial charge in [-0.15, -0.1) is 0 Å². The van der Waals surface area contributed by atoms with E-state index in [1.165, 1.54) is 6.42 Å². The van der Waals surface area contributed by atoms with Gasteiger partial charge in [0.15, 0.2) is 9.84 Å². The van der Waals surface area contributed by atoms with Crippen molar-refractivity contribution in [2.45, 2.75) is 19.3 Å². The van der Waals surface area contributed by atoms with Crippen LogP contribution in [-0.2, 0) is 9.84 Å². The fourth-order valence-corrected chi connectivity index (χ4v) is 4.49. The van der Waals surface area contributed by atoms with Gasteiger partial charge in [-0.05, 0) is 37.5 Å². The Morgan fingerprint density at radius 2 is 1.61 bits per heavy atom. The maximum Gasteiger partial charge on any atom is 0.250 e. The summed E-state index contributed by atoms with van der Waals surface area (Å²) in [5, 5.41) is 0. The van der Waals surface area contributed by atoms with Crippen LogP contribution in [0.2, 0.25) is 0 Å². The molecule has 23 heavy (non-hydrogen) atoms. The summed E-state index contributed by atoms with van der Waals surface area (Å²) in [5.74, 6) is -0.0499. The second kappa shape index (κ2) is 6.39. The summed E-state index contributed by atoms with van der Waals surface area (Å²) in [7, 11) is -2.90. The van der Waals surface area contributed by atoms with Crippen LogP contribution in [0.1, 0.15) is 29.6 Å². The number of sulfone groups is 1. The number of hydrogen-bond donors (Lipinski definition) is 1. The molecule has 6 nitrogen and oxygen atoms in total. The number of amides is 1. The summed E-state index contributed by atoms with van der Waals surface area (Å²) < 4.78 is 23.2. The Kier molecular flexibility index (Phi) is 4.48. The van der Waals surface area contributed by atoms with E-state index in [2.05, 4.69) is 9.80 Å². The van der Waals surface area contributed by atoms with Gasteiger partial charge < -0.3 is 15.5 Å². The number of hydrogen-bond acceptors (Lipinski definition) is 5. The van der Waals surface area contributed by atoms with Crippen molar-refractivity contribution in [2.24, 2.45) is 5.73 Å². The fraction of sp³-hybridized carbons (Fsp3) is 0.562. The lowest BCUT2D eigenvalue weighted by molar-refractivity contribution is 0.100. The maximum atomic E-state index is 11.7. The zero-order valence-electron chi connectivity index (χ0n) is 13.2. The molecule has 2 heterocycles. The average molecular weight is 337 g/mol. The topological polar surface area (TPSA) is 83.7 Å². The fourth-order valence-electron chi connectivity index (χ4n) is 3.29. The van der Waals surface area contributed by atoms with Crippen molar-refractivity contribution in [1.82, 2.24) is 0 Å². The van der Waals surface area contributed by atoms with Gasteiger partial charge >= 0.3 is 0 Å². The van der Waals surface area contributed by atoms with E-state index in [0.29, 0.717) is 18.7 Å². The highest BCUT2D eigenvalue weighted by molar-refractivity contribution is 7.91. The second-order valence-corrected chi connectivity index (χ2v) is 8.56. The van der Waals surface area contributed by atoms with Gasteiger partial charge in [0.05, 0.1) is 22.8 Å². The van der Waals surface area contributed by atoms with Crippen LogP contribution in [0.5, 0.6) is 0 Å². The lowest BCUT2D eigenvalue weighted by Gasteiger charge is -2.33. The summed E-state index contributed by atoms with van der Waals surface area (Å²) in [6.07, 6.45) is 3.45. The van der Waals surface area contributed by atoms with Crippen molar-refractivity contribution in [3.05, 3.63) is 23.8 Å². The summed E-state index contributed by atoms with van der Waals surface area (Å²) >= 11 is 0. The van der Waals surface area contributed by atoms with Crippen molar-refractivity contribution in [1.29, 1.82) is 0 Å². The first-order valence-electron chi connectivity index (χ1n) is 8.10. The molecular weight excluding hydrogens is 314 g/mol. The highest BCUT2D eigenvalue weighted by Gasteiger charge is 2.24. The number of piperidine rings is 1. The Labute approximate surface area is 137 Å². The van der Waals surface area contributed by atoms with E-state index in [1.807, 2.05) is 12.1 Å². The standard InChI is InChI=1S/C16H23N3O3S/c17-16(20)14-5-4-13(18-8-10-23(21,22)11-9-18)12-15(14)19-6-2-1-3-7-19/h4-5,12H,1-3,6-11H2,(H2,17,20). The Balaban J connectivity index is 1.89. The van der Waals surface area contributed by atoms with E-state index in [1.54, 1.807) is 6.07 Å². The molecule has 2 fully saturated rings. The van der Waals surface area contributed by atoms with Crippen LogP contribution in [0.25, 0.3) is 0 Å². The molecule has 1 aromatic rings. The SMILES string of the molecule is NC(=O)c1ccc(N2CCS(=O)(=O)CC2)cc1N1CCCCC1. The Morgan fingerprint density at radius 3 is 2.22 bits per heavy atom. The van der Waals surface area contributed by atoms with Gasteiger partial charge in [-0.3, -0.25) is 4.79 Å². The summed E-state index contributed by atoms with van der Waals surface area (Å²) in [6, 6.07) is 5.62. The van der Waals surface area contributed by atoms with Gasteiger partial charge in [-0.2, -0.15) is 0 Å². The third kappa shape index (κ3) is 3.60. The van der Waals surface area contributed by atoms with Gasteiger partial charge in [0, 0.05) is 31.9 Å². The van der Waals surface area contributed by atoms with Crippen molar-refractivity contribution in [2.75, 3.05) is 47.5 Å². The van der Waals surface area contributed by atoms with Crippen LogP contribution in [-0.4, -0.2) is 52.0 Å². The number of benzene rings is 1. The molecule has 0 atom stereocenters. The number of carbonyl (C=O) groups is 1. The molecular formula is C16H23N3O3S. The predicted molar refractivity (Wildman–Crippen MR) is 91.9 cm³/mol. The van der Waals surface area contributed by atoms with Crippen LogP contribution in [0.4, 0.5) is 11.4 Å². The summed E-state index contributed by atoms with van der Waals surface area (Å²) in [6.45, 7) is 2.85. The van der Waals surface area contributed by atoms with Crippen LogP contribution >= 0.6 is 0 Å². The molecule has 0 saturated carbocycles. The van der Waals surface area contributed by atoms with Gasteiger partial charge in [0.1, 0.15) is 0 Å². The van der Waals surface area contributed by atoms with Gasteiger partial charge in [-0.1, -0.05) is 0 Å². The minimum absolute atomic E-state index is 0.184. The quantitative estimate of drug-likeness (QED) is 0.890. The Hall–Kier alpha value is -1.76. The molecule has 2 saturated heterocycles. The van der Waals surface area contributed by atoms with Crippen LogP contribution in [0.3, 0.4) is 0 Å². The Bertz CT molecular complexity index is 683. The third-order valence-electron chi connectivity index (χ3n) is 4.65. The van der Waals surface area contributed by atoms with Crippen molar-refractivity contribution >= 4 is 27.1 Å². The first kappa shape index (κ1) is 16.1. The van der Waals surface area contributed by atoms with Crippen LogP contribution in [0, 0.1) is 0 Å². The molecule has 0 spiro atoms. The minimum atomic E-state index is -2.90. The smallest absolute Gasteiger partial charge is 0.250 e. The van der Waals surface area contributed by atoms with Gasteiger partial charge in [-0.25, -0.2) is 8.42 Å². The zero-order valence-corrected chi connectivity index (χ0v) is 14.0. The molecule has 1 aromatic carbocycles. The molecule has 3 rings (SSSR count). The normalized spacial score (nSPS) is 21.2. The summed E-state index contributed by atoms with van der Waals surface area (Å²) in [4.78, 5) is 16.0. The largest absolute Gasteiger partial charge is 0.371 e. The lowest BCUT2D eigenvalue weighted by atomic mass is 10.1. The minimum Gasteiger partial charge on any atom is -0.371 e. The number of anilines is 2. The zero-order chi connectivity index (χ0) is 16.4. The molecule has 0 aromatic heterocycles. The molecule has 126 valence electrons. The van der Waals surface area contributed by atoms with E-state index in [0.717, 1.165) is 37.3 Å². The van der Waals surface area contributed by atoms with Crippen LogP contribution in [0.15, 0.2) is 18.2 Å². The van der Waals surface area contributed by atoms with Gasteiger partial charge in [0.25, 0.3) is 5.91 Å². The Morgan fingerprint density at radius 1 is 0.957 bits per heavy atom. The van der Waals surface area contributed by atoms with Crippen LogP contribution < -0.4 is 15.5 Å². The predicted octanol–water partition coefficient (Wildman–Crippen LogP) is 1.01. The van der Waals surface area contributed by atoms with E-state index in [-0.39, 0.29) is 11.5 Å². The molecule has 0 bridgehead atoms. The second-order valence-electron chi connectivity index (χ2n) is 6.25. The molecule has 0 unspecified atom stereocenters. The van der Waals surface area contributed by atoms with Crippen molar-refractivity contribution < 1.29 is 13.2 Å². The first-order valence-corrected chi connectivity index (χ1v) is 9.93. The summed E-state index contributed by atoms with van der Waals surface area (Å²) in [5.41, 5.74) is 7.91. The van der Waals surface area contributed by atoms with E-state index in [4.69, 9.17) is 5.73 Å². The molecule has 2 N–H and O–H groups in total. The average Bonchev–Trinajstić information content (AvgIpc) is 2.55. The van der Waals surface area contributed by atoms with E-state index >= 15 is 0 Å². The number of rotatable bonds is 3. The number of nitrogens with zero attached hydrogens (tertiary/aromatic N) is 2. The molecule has 1 amide bonds. The number of primary amides is 1. The van der Waals surface area contributed by atoms with E-state index in [9.17, 15) is 13.2 Å². The molecule has 2 aliphatic rings. The van der Waals surface area contributed by atoms with E-state index < -0.39 is 15.7 Å². The molecule has 7 heteroatoms. The molecule has 0 radical (unpaired) electrons. The first-order chi connectivity index (χ1) is 11.0. The maximum absolute atomic E-state index is 11.7. The third-order valence-corrected chi connectivity index (χ3v) is 6.26. The van der Waals surface area contributed by atoms with Crippen molar-refractivity contribution in [3.63, 3.8) is 0 Å². The molecule has 2 aliphatic heterocycles. The monoisotopic (exact) mass is 337 g/mol. The number of carbonyl (C=O) groups excluding carboxylic acids is 1. The van der Waals surface area contributed by atoms with Crippen molar-refractivity contribution in [3.8, 4) is 0 Å². The highest BCUT2D eigenvalue weighted by Crippen LogP contribution is 2.29. The molecule has 0 aliphatic carbocycles. The van der Waals surface area contributed by atoms with Gasteiger partial charge in [0.2, 0.25) is 0 Å². The lowest BCUT2D eigenvalue weighted by Crippen LogP contribution is -2.40.